The minimum Gasteiger partial charge on any atom is -0.470 e. The van der Waals surface area contributed by atoms with E-state index in [1.807, 2.05) is 0 Å². The van der Waals surface area contributed by atoms with E-state index < -0.39 is 5.91 Å². The van der Waals surface area contributed by atoms with E-state index in [0.29, 0.717) is 17.5 Å². The molecule has 0 spiro atoms. The standard InChI is InChI=1S/C20H27N3O2/c1-13(2)9-10-22-18-7-3-14-11-16(5-6-17(14)18)25-19-8-4-15(12-23-19)20(21)24/h4-6,8,12-13,16,18,22H,3,7,9-11H2,1-2H3,(H2,21,24). The average molecular weight is 341 g/mol. The third-order valence-electron chi connectivity index (χ3n) is 4.86. The highest BCUT2D eigenvalue weighted by atomic mass is 16.5. The van der Waals surface area contributed by atoms with Crippen molar-refractivity contribution in [2.45, 2.75) is 51.7 Å². The summed E-state index contributed by atoms with van der Waals surface area (Å²) in [4.78, 5) is 15.3. The van der Waals surface area contributed by atoms with E-state index >= 15 is 0 Å². The van der Waals surface area contributed by atoms with Gasteiger partial charge in [-0.05, 0) is 49.4 Å². The summed E-state index contributed by atoms with van der Waals surface area (Å²) in [7, 11) is 0. The van der Waals surface area contributed by atoms with Crippen LogP contribution < -0.4 is 15.8 Å². The molecule has 2 aliphatic carbocycles. The normalized spacial score (nSPS) is 22.4. The number of rotatable bonds is 7. The highest BCUT2D eigenvalue weighted by molar-refractivity contribution is 5.92. The van der Waals surface area contributed by atoms with Gasteiger partial charge in [-0.15, -0.1) is 0 Å². The molecule has 0 aliphatic heterocycles. The zero-order valence-electron chi connectivity index (χ0n) is 15.0. The zero-order chi connectivity index (χ0) is 17.8. The summed E-state index contributed by atoms with van der Waals surface area (Å²) in [5.74, 6) is 0.775. The van der Waals surface area contributed by atoms with Gasteiger partial charge in [-0.25, -0.2) is 4.98 Å². The molecule has 0 aromatic carbocycles. The molecule has 2 unspecified atom stereocenters. The smallest absolute Gasteiger partial charge is 0.250 e. The Hall–Kier alpha value is -2.14. The van der Waals surface area contributed by atoms with Gasteiger partial charge in [-0.2, -0.15) is 0 Å². The van der Waals surface area contributed by atoms with Crippen LogP contribution in [0.2, 0.25) is 0 Å². The molecule has 5 heteroatoms. The molecule has 2 aliphatic rings. The van der Waals surface area contributed by atoms with Crippen molar-refractivity contribution in [1.29, 1.82) is 0 Å². The monoisotopic (exact) mass is 341 g/mol. The van der Waals surface area contributed by atoms with Crippen LogP contribution in [-0.4, -0.2) is 29.6 Å². The van der Waals surface area contributed by atoms with E-state index in [9.17, 15) is 4.79 Å². The van der Waals surface area contributed by atoms with Crippen LogP contribution in [0.5, 0.6) is 5.88 Å². The number of ether oxygens (including phenoxy) is 1. The van der Waals surface area contributed by atoms with Gasteiger partial charge < -0.3 is 15.8 Å². The van der Waals surface area contributed by atoms with Crippen molar-refractivity contribution in [2.75, 3.05) is 6.54 Å². The first kappa shape index (κ1) is 17.7. The van der Waals surface area contributed by atoms with Crippen LogP contribution in [0, 0.1) is 5.92 Å². The second-order valence-electron chi connectivity index (χ2n) is 7.26. The van der Waals surface area contributed by atoms with Crippen LogP contribution in [0.4, 0.5) is 0 Å². The van der Waals surface area contributed by atoms with Gasteiger partial charge in [0.15, 0.2) is 0 Å². The van der Waals surface area contributed by atoms with Crippen LogP contribution in [0.3, 0.4) is 0 Å². The Balaban J connectivity index is 1.55. The fourth-order valence-corrected chi connectivity index (χ4v) is 3.43. The molecule has 1 aromatic heterocycles. The molecular weight excluding hydrogens is 314 g/mol. The highest BCUT2D eigenvalue weighted by Crippen LogP contribution is 2.35. The summed E-state index contributed by atoms with van der Waals surface area (Å²) in [6.45, 7) is 5.59. The molecule has 1 amide bonds. The maximum atomic E-state index is 11.1. The van der Waals surface area contributed by atoms with Crippen molar-refractivity contribution in [3.8, 4) is 5.88 Å². The minimum atomic E-state index is -0.478. The van der Waals surface area contributed by atoms with Crippen molar-refractivity contribution in [1.82, 2.24) is 10.3 Å². The molecule has 5 nitrogen and oxygen atoms in total. The SMILES string of the molecule is CC(C)CCNC1CCC2=C1C=CC(Oc1ccc(C(N)=O)cn1)C2. The quantitative estimate of drug-likeness (QED) is 0.799. The van der Waals surface area contributed by atoms with Gasteiger partial charge in [0.1, 0.15) is 6.10 Å². The summed E-state index contributed by atoms with van der Waals surface area (Å²) in [6.07, 6.45) is 10.2. The van der Waals surface area contributed by atoms with Gasteiger partial charge in [0.05, 0.1) is 5.56 Å². The molecule has 0 bridgehead atoms. The van der Waals surface area contributed by atoms with Gasteiger partial charge in [0.25, 0.3) is 0 Å². The van der Waals surface area contributed by atoms with Crippen molar-refractivity contribution < 1.29 is 9.53 Å². The van der Waals surface area contributed by atoms with E-state index in [1.165, 1.54) is 30.2 Å². The second-order valence-corrected chi connectivity index (χ2v) is 7.26. The summed E-state index contributed by atoms with van der Waals surface area (Å²) >= 11 is 0. The van der Waals surface area contributed by atoms with Crippen molar-refractivity contribution in [2.24, 2.45) is 11.7 Å². The number of nitrogens with two attached hydrogens (primary N) is 1. The van der Waals surface area contributed by atoms with Crippen molar-refractivity contribution >= 4 is 5.91 Å². The molecule has 3 N–H and O–H groups in total. The number of primary amides is 1. The Bertz CT molecular complexity index is 677. The predicted octanol–water partition coefficient (Wildman–Crippen LogP) is 2.98. The highest BCUT2D eigenvalue weighted by Gasteiger charge is 2.28. The molecule has 1 heterocycles. The van der Waals surface area contributed by atoms with Crippen LogP contribution in [0.25, 0.3) is 0 Å². The summed E-state index contributed by atoms with van der Waals surface area (Å²) in [5, 5.41) is 3.69. The van der Waals surface area contributed by atoms with Crippen LogP contribution in [0.1, 0.15) is 49.9 Å². The Morgan fingerprint density at radius 2 is 2.28 bits per heavy atom. The van der Waals surface area contributed by atoms with Crippen LogP contribution in [-0.2, 0) is 0 Å². The molecular formula is C20H27N3O2. The fraction of sp³-hybridized carbons (Fsp3) is 0.500. The molecule has 0 saturated heterocycles. The maximum Gasteiger partial charge on any atom is 0.250 e. The summed E-state index contributed by atoms with van der Waals surface area (Å²) in [5.41, 5.74) is 8.55. The van der Waals surface area contributed by atoms with Crippen molar-refractivity contribution in [3.05, 3.63) is 47.2 Å². The Kier molecular flexibility index (Phi) is 5.53. The Labute approximate surface area is 149 Å². The predicted molar refractivity (Wildman–Crippen MR) is 98.4 cm³/mol. The van der Waals surface area contributed by atoms with E-state index in [2.05, 4.69) is 36.3 Å². The third-order valence-corrected chi connectivity index (χ3v) is 4.86. The number of hydrogen-bond acceptors (Lipinski definition) is 4. The van der Waals surface area contributed by atoms with Crippen LogP contribution >= 0.6 is 0 Å². The number of hydrogen-bond donors (Lipinski definition) is 2. The molecule has 0 radical (unpaired) electrons. The lowest BCUT2D eigenvalue weighted by atomic mass is 9.96. The van der Waals surface area contributed by atoms with E-state index in [1.54, 1.807) is 12.1 Å². The largest absolute Gasteiger partial charge is 0.470 e. The Morgan fingerprint density at radius 3 is 2.96 bits per heavy atom. The van der Waals surface area contributed by atoms with Gasteiger partial charge in [0.2, 0.25) is 11.8 Å². The van der Waals surface area contributed by atoms with E-state index in [-0.39, 0.29) is 6.10 Å². The zero-order valence-corrected chi connectivity index (χ0v) is 15.0. The lowest BCUT2D eigenvalue weighted by Gasteiger charge is -2.22. The number of carbonyl (C=O) groups excluding carboxylic acids is 1. The van der Waals surface area contributed by atoms with Gasteiger partial charge in [-0.1, -0.05) is 25.5 Å². The first-order valence-electron chi connectivity index (χ1n) is 9.09. The topological polar surface area (TPSA) is 77.2 Å². The van der Waals surface area contributed by atoms with Gasteiger partial charge in [-0.3, -0.25) is 4.79 Å². The number of amides is 1. The molecule has 1 aromatic rings. The second kappa shape index (κ2) is 7.83. The minimum absolute atomic E-state index is 0.0000853. The fourth-order valence-electron chi connectivity index (χ4n) is 3.43. The lowest BCUT2D eigenvalue weighted by molar-refractivity contribution is 0.1000. The van der Waals surface area contributed by atoms with Gasteiger partial charge in [0, 0.05) is 24.7 Å². The number of aromatic nitrogens is 1. The third kappa shape index (κ3) is 4.48. The Morgan fingerprint density at radius 1 is 1.44 bits per heavy atom. The molecule has 0 saturated carbocycles. The first-order chi connectivity index (χ1) is 12.0. The summed E-state index contributed by atoms with van der Waals surface area (Å²) in [6, 6.07) is 3.83. The van der Waals surface area contributed by atoms with E-state index in [4.69, 9.17) is 10.5 Å². The molecule has 134 valence electrons. The maximum absolute atomic E-state index is 11.1. The number of nitrogens with one attached hydrogen (secondary N) is 1. The summed E-state index contributed by atoms with van der Waals surface area (Å²) < 4.78 is 5.94. The van der Waals surface area contributed by atoms with E-state index in [0.717, 1.165) is 25.3 Å². The molecule has 0 fully saturated rings. The van der Waals surface area contributed by atoms with Crippen LogP contribution in [0.15, 0.2) is 41.6 Å². The number of pyridine rings is 1. The van der Waals surface area contributed by atoms with Crippen molar-refractivity contribution in [3.63, 3.8) is 0 Å². The number of carbonyl (C=O) groups is 1. The van der Waals surface area contributed by atoms with Gasteiger partial charge >= 0.3 is 0 Å². The molecule has 3 rings (SSSR count). The molecule has 25 heavy (non-hydrogen) atoms. The first-order valence-corrected chi connectivity index (χ1v) is 9.09. The number of nitrogens with zero attached hydrogens (tertiary/aromatic N) is 1. The lowest BCUT2D eigenvalue weighted by Crippen LogP contribution is -2.30. The average Bonchev–Trinajstić information content (AvgIpc) is 2.97. The molecule has 2 atom stereocenters.